The third-order valence-corrected chi connectivity index (χ3v) is 2.45. The van der Waals surface area contributed by atoms with E-state index in [9.17, 15) is 4.39 Å². The Morgan fingerprint density at radius 3 is 3.00 bits per heavy atom. The Hall–Kier alpha value is -1.75. The van der Waals surface area contributed by atoms with Crippen LogP contribution in [0.4, 0.5) is 4.39 Å². The largest absolute Gasteiger partial charge is 0.314 e. The van der Waals surface area contributed by atoms with Crippen molar-refractivity contribution in [3.05, 3.63) is 41.5 Å². The fourth-order valence-electron chi connectivity index (χ4n) is 1.59. The number of hydrogen-bond acceptors (Lipinski definition) is 3. The number of nitrogens with one attached hydrogen (secondary N) is 1. The van der Waals surface area contributed by atoms with Gasteiger partial charge in [0.2, 0.25) is 0 Å². The number of halogens is 1. The maximum absolute atomic E-state index is 13.4. The number of nitrogens with zero attached hydrogens (tertiary/aromatic N) is 3. The fraction of sp³-hybridized carbons (Fsp3) is 0.273. The Balaban J connectivity index is 2.50. The summed E-state index contributed by atoms with van der Waals surface area (Å²) in [6, 6.07) is 4.93. The molecule has 0 amide bonds. The summed E-state index contributed by atoms with van der Waals surface area (Å²) in [5.74, 6) is -0.233. The van der Waals surface area contributed by atoms with Crippen LogP contribution in [0.5, 0.6) is 0 Å². The Bertz CT molecular complexity index is 492. The van der Waals surface area contributed by atoms with Crippen LogP contribution in [0.25, 0.3) is 5.69 Å². The van der Waals surface area contributed by atoms with E-state index in [1.165, 1.54) is 6.07 Å². The minimum Gasteiger partial charge on any atom is -0.314 e. The molecule has 4 nitrogen and oxygen atoms in total. The van der Waals surface area contributed by atoms with Crippen molar-refractivity contribution in [2.24, 2.45) is 0 Å². The van der Waals surface area contributed by atoms with E-state index < -0.39 is 0 Å². The predicted octanol–water partition coefficient (Wildman–Crippen LogP) is 1.43. The third-order valence-electron chi connectivity index (χ3n) is 2.45. The molecule has 0 radical (unpaired) electrons. The molecule has 0 aliphatic carbocycles. The lowest BCUT2D eigenvalue weighted by Crippen LogP contribution is -2.12. The highest BCUT2D eigenvalue weighted by atomic mass is 19.1. The van der Waals surface area contributed by atoms with Crippen molar-refractivity contribution in [3.8, 4) is 5.69 Å². The molecule has 1 N–H and O–H groups in total. The maximum Gasteiger partial charge on any atom is 0.128 e. The molecule has 84 valence electrons. The van der Waals surface area contributed by atoms with Crippen LogP contribution in [0.1, 0.15) is 11.3 Å². The van der Waals surface area contributed by atoms with Crippen molar-refractivity contribution in [2.75, 3.05) is 7.05 Å². The first-order valence-electron chi connectivity index (χ1n) is 5.03. The topological polar surface area (TPSA) is 42.7 Å². The first-order valence-corrected chi connectivity index (χ1v) is 5.03. The molecule has 1 aromatic heterocycles. The van der Waals surface area contributed by atoms with E-state index in [0.717, 1.165) is 11.4 Å². The van der Waals surface area contributed by atoms with Crippen LogP contribution in [0.2, 0.25) is 0 Å². The van der Waals surface area contributed by atoms with Gasteiger partial charge < -0.3 is 5.32 Å². The monoisotopic (exact) mass is 220 g/mol. The Kier molecular flexibility index (Phi) is 2.96. The molecule has 0 atom stereocenters. The van der Waals surface area contributed by atoms with Crippen LogP contribution in [0.15, 0.2) is 24.4 Å². The van der Waals surface area contributed by atoms with Crippen molar-refractivity contribution >= 4 is 0 Å². The molecule has 2 aromatic rings. The van der Waals surface area contributed by atoms with Gasteiger partial charge in [-0.25, -0.2) is 9.07 Å². The summed E-state index contributed by atoms with van der Waals surface area (Å²) in [5.41, 5.74) is 2.20. The van der Waals surface area contributed by atoms with E-state index in [-0.39, 0.29) is 5.82 Å². The summed E-state index contributed by atoms with van der Waals surface area (Å²) in [6.07, 6.45) is 1.67. The third kappa shape index (κ3) is 1.81. The normalized spacial score (nSPS) is 10.7. The van der Waals surface area contributed by atoms with Gasteiger partial charge >= 0.3 is 0 Å². The smallest absolute Gasteiger partial charge is 0.128 e. The zero-order valence-corrected chi connectivity index (χ0v) is 9.24. The van der Waals surface area contributed by atoms with Crippen molar-refractivity contribution in [3.63, 3.8) is 0 Å². The van der Waals surface area contributed by atoms with Crippen LogP contribution in [-0.4, -0.2) is 22.0 Å². The number of rotatable bonds is 3. The average molecular weight is 220 g/mol. The molecule has 0 aliphatic heterocycles. The molecule has 0 spiro atoms. The standard InChI is InChI=1S/C11H13FN4/c1-8-10(12)4-3-5-11(8)16-9(6-13-2)7-14-15-16/h3-5,7,13H,6H2,1-2H3. The zero-order chi connectivity index (χ0) is 11.5. The molecular formula is C11H13FN4. The summed E-state index contributed by atoms with van der Waals surface area (Å²) < 4.78 is 15.1. The molecule has 1 heterocycles. The molecular weight excluding hydrogens is 207 g/mol. The fourth-order valence-corrected chi connectivity index (χ4v) is 1.59. The van der Waals surface area contributed by atoms with E-state index in [1.807, 2.05) is 13.1 Å². The first-order chi connectivity index (χ1) is 7.74. The number of hydrogen-bond donors (Lipinski definition) is 1. The van der Waals surface area contributed by atoms with Crippen LogP contribution < -0.4 is 5.32 Å². The first kappa shape index (κ1) is 10.8. The predicted molar refractivity (Wildman–Crippen MR) is 58.8 cm³/mol. The second-order valence-corrected chi connectivity index (χ2v) is 3.55. The maximum atomic E-state index is 13.4. The van der Waals surface area contributed by atoms with Crippen molar-refractivity contribution in [2.45, 2.75) is 13.5 Å². The average Bonchev–Trinajstić information content (AvgIpc) is 2.71. The second-order valence-electron chi connectivity index (χ2n) is 3.55. The Morgan fingerprint density at radius 2 is 2.25 bits per heavy atom. The number of benzene rings is 1. The van der Waals surface area contributed by atoms with Crippen LogP contribution in [-0.2, 0) is 6.54 Å². The minimum atomic E-state index is -0.233. The van der Waals surface area contributed by atoms with Crippen LogP contribution >= 0.6 is 0 Å². The highest BCUT2D eigenvalue weighted by Gasteiger charge is 2.10. The van der Waals surface area contributed by atoms with Gasteiger partial charge in [0.05, 0.1) is 17.6 Å². The van der Waals surface area contributed by atoms with Gasteiger partial charge in [0.25, 0.3) is 0 Å². The molecule has 1 aromatic carbocycles. The van der Waals surface area contributed by atoms with Gasteiger partial charge in [-0.2, -0.15) is 0 Å². The lowest BCUT2D eigenvalue weighted by molar-refractivity contribution is 0.612. The summed E-state index contributed by atoms with van der Waals surface area (Å²) in [6.45, 7) is 2.37. The molecule has 0 unspecified atom stereocenters. The van der Waals surface area contributed by atoms with Crippen LogP contribution in [0, 0.1) is 12.7 Å². The van der Waals surface area contributed by atoms with Crippen molar-refractivity contribution in [1.29, 1.82) is 0 Å². The van der Waals surface area contributed by atoms with E-state index in [0.29, 0.717) is 12.1 Å². The van der Waals surface area contributed by atoms with E-state index in [4.69, 9.17) is 0 Å². The van der Waals surface area contributed by atoms with E-state index >= 15 is 0 Å². The summed E-state index contributed by atoms with van der Waals surface area (Å²) >= 11 is 0. The minimum absolute atomic E-state index is 0.233. The van der Waals surface area contributed by atoms with Crippen molar-refractivity contribution < 1.29 is 4.39 Å². The molecule has 0 saturated carbocycles. The van der Waals surface area contributed by atoms with E-state index in [1.54, 1.807) is 23.9 Å². The van der Waals surface area contributed by atoms with Gasteiger partial charge in [0.1, 0.15) is 5.82 Å². The molecule has 0 fully saturated rings. The summed E-state index contributed by atoms with van der Waals surface area (Å²) in [4.78, 5) is 0. The van der Waals surface area contributed by atoms with Crippen molar-refractivity contribution in [1.82, 2.24) is 20.3 Å². The van der Waals surface area contributed by atoms with Gasteiger partial charge in [-0.05, 0) is 26.1 Å². The van der Waals surface area contributed by atoms with Gasteiger partial charge in [0.15, 0.2) is 0 Å². The van der Waals surface area contributed by atoms with Gasteiger partial charge in [-0.1, -0.05) is 11.3 Å². The van der Waals surface area contributed by atoms with E-state index in [2.05, 4.69) is 15.6 Å². The SMILES string of the molecule is CNCc1cnnn1-c1cccc(F)c1C. The van der Waals surface area contributed by atoms with Gasteiger partial charge in [-0.3, -0.25) is 0 Å². The van der Waals surface area contributed by atoms with Crippen LogP contribution in [0.3, 0.4) is 0 Å². The highest BCUT2D eigenvalue weighted by molar-refractivity contribution is 5.41. The number of aromatic nitrogens is 3. The highest BCUT2D eigenvalue weighted by Crippen LogP contribution is 2.17. The summed E-state index contributed by atoms with van der Waals surface area (Å²) in [7, 11) is 1.84. The summed E-state index contributed by atoms with van der Waals surface area (Å²) in [5, 5.41) is 10.8. The lowest BCUT2D eigenvalue weighted by atomic mass is 10.2. The van der Waals surface area contributed by atoms with Gasteiger partial charge in [-0.15, -0.1) is 5.10 Å². The molecule has 0 saturated heterocycles. The molecule has 0 aliphatic rings. The molecule has 5 heteroatoms. The van der Waals surface area contributed by atoms with Gasteiger partial charge in [0, 0.05) is 12.1 Å². The lowest BCUT2D eigenvalue weighted by Gasteiger charge is -2.09. The second kappa shape index (κ2) is 4.40. The Labute approximate surface area is 93.1 Å². The Morgan fingerprint density at radius 1 is 1.44 bits per heavy atom. The molecule has 2 rings (SSSR count). The quantitative estimate of drug-likeness (QED) is 0.851. The zero-order valence-electron chi connectivity index (χ0n) is 9.24. The molecule has 16 heavy (non-hydrogen) atoms. The molecule has 0 bridgehead atoms.